The standard InChI is InChI=1S/C16H18F3N3O/c17-16(18,19)12-6-4-11(5-7-12)10-13-20-15(14(23)22-21-13)8-2-1-3-9-15/h4-7H,1-3,8-10H2,(H,20,21)(H,22,23). The summed E-state index contributed by atoms with van der Waals surface area (Å²) >= 11 is 0. The molecule has 4 nitrogen and oxygen atoms in total. The van der Waals surface area contributed by atoms with Gasteiger partial charge < -0.3 is 0 Å². The topological polar surface area (TPSA) is 53.5 Å². The molecule has 1 aromatic rings. The van der Waals surface area contributed by atoms with E-state index in [-0.39, 0.29) is 5.91 Å². The molecule has 0 unspecified atom stereocenters. The van der Waals surface area contributed by atoms with Crippen molar-refractivity contribution < 1.29 is 18.0 Å². The molecule has 1 aliphatic carbocycles. The number of hydrogen-bond acceptors (Lipinski definition) is 3. The summed E-state index contributed by atoms with van der Waals surface area (Å²) in [5.41, 5.74) is 4.75. The van der Waals surface area contributed by atoms with Gasteiger partial charge in [-0.15, -0.1) is 0 Å². The summed E-state index contributed by atoms with van der Waals surface area (Å²) in [4.78, 5) is 16.7. The van der Waals surface area contributed by atoms with Gasteiger partial charge in [-0.2, -0.15) is 13.2 Å². The molecule has 0 aromatic heterocycles. The molecule has 0 radical (unpaired) electrons. The first-order valence-corrected chi connectivity index (χ1v) is 7.70. The van der Waals surface area contributed by atoms with Crippen LogP contribution in [0.5, 0.6) is 0 Å². The third-order valence-electron chi connectivity index (χ3n) is 4.43. The molecule has 1 heterocycles. The number of nitrogens with one attached hydrogen (secondary N) is 2. The maximum Gasteiger partial charge on any atom is 0.416 e. The van der Waals surface area contributed by atoms with Gasteiger partial charge in [0.05, 0.1) is 5.56 Å². The van der Waals surface area contributed by atoms with E-state index in [9.17, 15) is 18.0 Å². The minimum Gasteiger partial charge on any atom is -0.285 e. The highest BCUT2D eigenvalue weighted by molar-refractivity contribution is 5.97. The van der Waals surface area contributed by atoms with Gasteiger partial charge in [0.2, 0.25) is 0 Å². The van der Waals surface area contributed by atoms with Crippen molar-refractivity contribution in [1.29, 1.82) is 0 Å². The maximum atomic E-state index is 12.6. The zero-order valence-corrected chi connectivity index (χ0v) is 12.5. The second-order valence-electron chi connectivity index (χ2n) is 6.10. The lowest BCUT2D eigenvalue weighted by molar-refractivity contribution is -0.137. The Morgan fingerprint density at radius 2 is 1.70 bits per heavy atom. The van der Waals surface area contributed by atoms with Gasteiger partial charge in [0, 0.05) is 6.42 Å². The van der Waals surface area contributed by atoms with Gasteiger partial charge >= 0.3 is 6.18 Å². The lowest BCUT2D eigenvalue weighted by atomic mass is 9.81. The van der Waals surface area contributed by atoms with Crippen LogP contribution in [-0.4, -0.2) is 17.3 Å². The van der Waals surface area contributed by atoms with Crippen molar-refractivity contribution in [2.24, 2.45) is 4.99 Å². The molecule has 3 rings (SSSR count). The van der Waals surface area contributed by atoms with Gasteiger partial charge in [0.15, 0.2) is 0 Å². The molecule has 23 heavy (non-hydrogen) atoms. The van der Waals surface area contributed by atoms with Crippen LogP contribution in [0.4, 0.5) is 13.2 Å². The molecular weight excluding hydrogens is 307 g/mol. The van der Waals surface area contributed by atoms with E-state index in [4.69, 9.17) is 0 Å². The first-order chi connectivity index (χ1) is 10.9. The highest BCUT2D eigenvalue weighted by Gasteiger charge is 2.41. The third-order valence-corrected chi connectivity index (χ3v) is 4.43. The van der Waals surface area contributed by atoms with Crippen molar-refractivity contribution in [2.75, 3.05) is 0 Å². The Morgan fingerprint density at radius 3 is 2.30 bits per heavy atom. The van der Waals surface area contributed by atoms with E-state index in [1.54, 1.807) is 0 Å². The van der Waals surface area contributed by atoms with Crippen LogP contribution in [0.1, 0.15) is 43.2 Å². The van der Waals surface area contributed by atoms with Crippen molar-refractivity contribution in [3.63, 3.8) is 0 Å². The number of carbonyl (C=O) groups excluding carboxylic acids is 1. The summed E-state index contributed by atoms with van der Waals surface area (Å²) < 4.78 is 37.7. The Bertz CT molecular complexity index is 616. The molecule has 7 heteroatoms. The van der Waals surface area contributed by atoms with Crippen molar-refractivity contribution in [3.05, 3.63) is 35.4 Å². The number of alkyl halides is 3. The molecule has 124 valence electrons. The van der Waals surface area contributed by atoms with Crippen LogP contribution < -0.4 is 10.9 Å². The second-order valence-corrected chi connectivity index (χ2v) is 6.10. The monoisotopic (exact) mass is 325 g/mol. The average molecular weight is 325 g/mol. The largest absolute Gasteiger partial charge is 0.416 e. The van der Waals surface area contributed by atoms with Gasteiger partial charge in [-0.05, 0) is 30.5 Å². The van der Waals surface area contributed by atoms with Gasteiger partial charge in [0.25, 0.3) is 5.91 Å². The van der Waals surface area contributed by atoms with E-state index in [1.807, 2.05) is 0 Å². The highest BCUT2D eigenvalue weighted by atomic mass is 19.4. The first-order valence-electron chi connectivity index (χ1n) is 7.70. The summed E-state index contributed by atoms with van der Waals surface area (Å²) in [6.45, 7) is 0. The number of hydrogen-bond donors (Lipinski definition) is 2. The van der Waals surface area contributed by atoms with Gasteiger partial charge in [0.1, 0.15) is 11.4 Å². The van der Waals surface area contributed by atoms with Crippen LogP contribution in [0.3, 0.4) is 0 Å². The van der Waals surface area contributed by atoms with Crippen LogP contribution >= 0.6 is 0 Å². The molecule has 0 bridgehead atoms. The molecular formula is C16H18F3N3O. The molecule has 1 aromatic carbocycles. The van der Waals surface area contributed by atoms with Crippen LogP contribution in [0.2, 0.25) is 0 Å². The quantitative estimate of drug-likeness (QED) is 0.878. The molecule has 2 aliphatic rings. The number of amides is 1. The number of hydrazine groups is 1. The molecule has 1 fully saturated rings. The van der Waals surface area contributed by atoms with Crippen molar-refractivity contribution in [1.82, 2.24) is 10.9 Å². The zero-order chi connectivity index (χ0) is 16.5. The predicted molar refractivity (Wildman–Crippen MR) is 79.7 cm³/mol. The minimum atomic E-state index is -4.33. The van der Waals surface area contributed by atoms with Gasteiger partial charge in [-0.3, -0.25) is 20.6 Å². The number of rotatable bonds is 2. The Labute approximate surface area is 132 Å². The Balaban J connectivity index is 1.77. The van der Waals surface area contributed by atoms with Crippen molar-refractivity contribution in [2.45, 2.75) is 50.2 Å². The number of benzene rings is 1. The number of amidine groups is 1. The normalized spacial score (nSPS) is 20.7. The Morgan fingerprint density at radius 1 is 1.04 bits per heavy atom. The Kier molecular flexibility index (Phi) is 4.04. The fraction of sp³-hybridized carbons (Fsp3) is 0.500. The van der Waals surface area contributed by atoms with Crippen LogP contribution in [0.25, 0.3) is 0 Å². The van der Waals surface area contributed by atoms with Crippen LogP contribution in [0, 0.1) is 0 Å². The molecule has 1 saturated carbocycles. The van der Waals surface area contributed by atoms with E-state index in [2.05, 4.69) is 15.8 Å². The SMILES string of the molecule is O=C1NNC(Cc2ccc(C(F)(F)F)cc2)=NC12CCCCC2. The van der Waals surface area contributed by atoms with Gasteiger partial charge in [-0.1, -0.05) is 31.4 Å². The maximum absolute atomic E-state index is 12.6. The second kappa shape index (κ2) is 5.86. The van der Waals surface area contributed by atoms with E-state index < -0.39 is 17.3 Å². The lowest BCUT2D eigenvalue weighted by Gasteiger charge is -2.36. The smallest absolute Gasteiger partial charge is 0.285 e. The number of aliphatic imine (C=N–C) groups is 1. The van der Waals surface area contributed by atoms with E-state index >= 15 is 0 Å². The first kappa shape index (κ1) is 15.8. The average Bonchev–Trinajstić information content (AvgIpc) is 2.52. The summed E-state index contributed by atoms with van der Waals surface area (Å²) in [5.74, 6) is 0.472. The molecule has 1 amide bonds. The molecule has 1 aliphatic heterocycles. The zero-order valence-electron chi connectivity index (χ0n) is 12.5. The van der Waals surface area contributed by atoms with E-state index in [0.717, 1.165) is 44.2 Å². The van der Waals surface area contributed by atoms with Crippen molar-refractivity contribution >= 4 is 11.7 Å². The number of halogens is 3. The third kappa shape index (κ3) is 3.33. The van der Waals surface area contributed by atoms with Crippen LogP contribution in [-0.2, 0) is 17.4 Å². The summed E-state index contributed by atoms with van der Waals surface area (Å²) in [7, 11) is 0. The summed E-state index contributed by atoms with van der Waals surface area (Å²) in [6.07, 6.45) is 0.495. The van der Waals surface area contributed by atoms with Crippen LogP contribution in [0.15, 0.2) is 29.3 Å². The number of carbonyl (C=O) groups is 1. The fourth-order valence-corrected chi connectivity index (χ4v) is 3.15. The molecule has 1 spiro atoms. The summed E-state index contributed by atoms with van der Waals surface area (Å²) in [6, 6.07) is 5.01. The Hall–Kier alpha value is -2.05. The molecule has 0 saturated heterocycles. The molecule has 0 atom stereocenters. The predicted octanol–water partition coefficient (Wildman–Crippen LogP) is 2.98. The molecule has 2 N–H and O–H groups in total. The van der Waals surface area contributed by atoms with E-state index in [0.29, 0.717) is 17.8 Å². The number of nitrogens with zero attached hydrogens (tertiary/aromatic N) is 1. The van der Waals surface area contributed by atoms with E-state index in [1.165, 1.54) is 12.1 Å². The van der Waals surface area contributed by atoms with Gasteiger partial charge in [-0.25, -0.2) is 0 Å². The highest BCUT2D eigenvalue weighted by Crippen LogP contribution is 2.33. The summed E-state index contributed by atoms with van der Waals surface area (Å²) in [5, 5.41) is 0. The lowest BCUT2D eigenvalue weighted by Crippen LogP contribution is -2.58. The fourth-order valence-electron chi connectivity index (χ4n) is 3.15. The van der Waals surface area contributed by atoms with Crippen molar-refractivity contribution in [3.8, 4) is 0 Å². The minimum absolute atomic E-state index is 0.117.